The highest BCUT2D eigenvalue weighted by atomic mass is 32.2. The number of pyridine rings is 1. The Kier molecular flexibility index (Phi) is 4.32. The van der Waals surface area contributed by atoms with Gasteiger partial charge in [-0.15, -0.1) is 0 Å². The second-order valence-electron chi connectivity index (χ2n) is 3.62. The molecule has 0 aliphatic rings. The van der Waals surface area contributed by atoms with Crippen molar-refractivity contribution in [1.29, 1.82) is 5.26 Å². The van der Waals surface area contributed by atoms with Crippen LogP contribution in [-0.2, 0) is 4.79 Å². The molecular formula is C11H12N2O2S. The maximum atomic E-state index is 11.0. The first-order chi connectivity index (χ1) is 7.54. The molecule has 1 aromatic heterocycles. The number of thioether (sulfide) groups is 1. The third-order valence-corrected chi connectivity index (χ3v) is 3.43. The molecule has 16 heavy (non-hydrogen) atoms. The molecule has 0 aliphatic heterocycles. The van der Waals surface area contributed by atoms with Gasteiger partial charge in [0.2, 0.25) is 0 Å². The zero-order valence-corrected chi connectivity index (χ0v) is 9.86. The molecule has 1 heterocycles. The predicted octanol–water partition coefficient (Wildman–Crippen LogP) is 2.15. The number of carboxylic acids is 1. The van der Waals surface area contributed by atoms with E-state index in [0.717, 1.165) is 0 Å². The van der Waals surface area contributed by atoms with Gasteiger partial charge in [-0.2, -0.15) is 5.26 Å². The number of rotatable bonds is 4. The molecule has 1 aromatic rings. The number of carboxylic acid groups (broad SMARTS) is 1. The van der Waals surface area contributed by atoms with Gasteiger partial charge in [-0.05, 0) is 18.1 Å². The monoisotopic (exact) mass is 236 g/mol. The molecular weight excluding hydrogens is 224 g/mol. The summed E-state index contributed by atoms with van der Waals surface area (Å²) in [6.45, 7) is 3.69. The fraction of sp³-hybridized carbons (Fsp3) is 0.364. The van der Waals surface area contributed by atoms with Crippen molar-refractivity contribution in [1.82, 2.24) is 4.98 Å². The van der Waals surface area contributed by atoms with Gasteiger partial charge in [0.15, 0.2) is 0 Å². The second kappa shape index (κ2) is 5.52. The molecule has 4 nitrogen and oxygen atoms in total. The van der Waals surface area contributed by atoms with Crippen LogP contribution in [0.25, 0.3) is 0 Å². The van der Waals surface area contributed by atoms with Crippen LogP contribution in [0.3, 0.4) is 0 Å². The van der Waals surface area contributed by atoms with Gasteiger partial charge in [-0.1, -0.05) is 25.6 Å². The highest BCUT2D eigenvalue weighted by Crippen LogP contribution is 2.27. The van der Waals surface area contributed by atoms with E-state index in [1.807, 2.05) is 19.9 Å². The summed E-state index contributed by atoms with van der Waals surface area (Å²) in [5.74, 6) is -0.848. The van der Waals surface area contributed by atoms with E-state index in [4.69, 9.17) is 10.4 Å². The number of hydrogen-bond donors (Lipinski definition) is 1. The van der Waals surface area contributed by atoms with Crippen molar-refractivity contribution in [3.63, 3.8) is 0 Å². The largest absolute Gasteiger partial charge is 0.480 e. The lowest BCUT2D eigenvalue weighted by molar-refractivity contribution is -0.137. The van der Waals surface area contributed by atoms with E-state index in [1.165, 1.54) is 18.0 Å². The Morgan fingerprint density at radius 2 is 2.31 bits per heavy atom. The van der Waals surface area contributed by atoms with E-state index in [0.29, 0.717) is 10.6 Å². The summed E-state index contributed by atoms with van der Waals surface area (Å²) in [6.07, 6.45) is 1.51. The molecule has 0 aromatic carbocycles. The molecule has 0 saturated carbocycles. The number of nitrogens with zero attached hydrogens (tertiary/aromatic N) is 2. The molecule has 0 amide bonds. The molecule has 5 heteroatoms. The lowest BCUT2D eigenvalue weighted by Crippen LogP contribution is -2.22. The Balaban J connectivity index is 2.86. The summed E-state index contributed by atoms with van der Waals surface area (Å²) in [6, 6.07) is 5.19. The maximum Gasteiger partial charge on any atom is 0.317 e. The van der Waals surface area contributed by atoms with Gasteiger partial charge in [0.25, 0.3) is 0 Å². The van der Waals surface area contributed by atoms with Crippen LogP contribution in [0.4, 0.5) is 0 Å². The quantitative estimate of drug-likeness (QED) is 0.811. The molecule has 0 spiro atoms. The topological polar surface area (TPSA) is 74.0 Å². The highest BCUT2D eigenvalue weighted by molar-refractivity contribution is 8.00. The zero-order chi connectivity index (χ0) is 12.1. The Bertz CT molecular complexity index is 426. The number of aromatic nitrogens is 1. The third-order valence-electron chi connectivity index (χ3n) is 1.96. The van der Waals surface area contributed by atoms with Gasteiger partial charge < -0.3 is 5.11 Å². The van der Waals surface area contributed by atoms with E-state index in [-0.39, 0.29) is 5.92 Å². The predicted molar refractivity (Wildman–Crippen MR) is 61.1 cm³/mol. The minimum Gasteiger partial charge on any atom is -0.480 e. The molecule has 1 unspecified atom stereocenters. The molecule has 0 saturated heterocycles. The molecule has 1 atom stereocenters. The Morgan fingerprint density at radius 1 is 1.62 bits per heavy atom. The minimum atomic E-state index is -0.857. The van der Waals surface area contributed by atoms with Gasteiger partial charge in [-0.25, -0.2) is 4.98 Å². The first kappa shape index (κ1) is 12.5. The standard InChI is InChI=1S/C11H12N2O2S/c1-7(2)10(11(14)15)16-9-5-8(6-12)3-4-13-9/h3-5,7,10H,1-2H3,(H,14,15). The summed E-state index contributed by atoms with van der Waals surface area (Å²) in [5, 5.41) is 17.8. The second-order valence-corrected chi connectivity index (χ2v) is 4.78. The van der Waals surface area contributed by atoms with Crippen molar-refractivity contribution in [3.8, 4) is 6.07 Å². The van der Waals surface area contributed by atoms with E-state index < -0.39 is 11.2 Å². The summed E-state index contributed by atoms with van der Waals surface area (Å²) in [4.78, 5) is 15.0. The lowest BCUT2D eigenvalue weighted by Gasteiger charge is -2.14. The molecule has 84 valence electrons. The number of nitriles is 1. The van der Waals surface area contributed by atoms with Crippen LogP contribution in [0.1, 0.15) is 19.4 Å². The molecule has 0 fully saturated rings. The Hall–Kier alpha value is -1.54. The van der Waals surface area contributed by atoms with Gasteiger partial charge in [0.1, 0.15) is 5.25 Å². The Labute approximate surface area is 98.3 Å². The van der Waals surface area contributed by atoms with Crippen molar-refractivity contribution >= 4 is 17.7 Å². The average molecular weight is 236 g/mol. The summed E-state index contributed by atoms with van der Waals surface area (Å²) < 4.78 is 0. The third kappa shape index (κ3) is 3.24. The normalized spacial score (nSPS) is 12.1. The number of carbonyl (C=O) groups is 1. The van der Waals surface area contributed by atoms with Crippen LogP contribution >= 0.6 is 11.8 Å². The average Bonchev–Trinajstić information content (AvgIpc) is 2.25. The number of aliphatic carboxylic acids is 1. The van der Waals surface area contributed by atoms with Crippen molar-refractivity contribution in [2.75, 3.05) is 0 Å². The van der Waals surface area contributed by atoms with E-state index in [1.54, 1.807) is 12.1 Å². The Morgan fingerprint density at radius 3 is 2.81 bits per heavy atom. The van der Waals surface area contributed by atoms with Gasteiger partial charge in [-0.3, -0.25) is 4.79 Å². The fourth-order valence-corrected chi connectivity index (χ4v) is 2.10. The SMILES string of the molecule is CC(C)C(Sc1cc(C#N)ccn1)C(=O)O. The summed E-state index contributed by atoms with van der Waals surface area (Å²) in [7, 11) is 0. The molecule has 0 bridgehead atoms. The van der Waals surface area contributed by atoms with Crippen LogP contribution in [0.5, 0.6) is 0 Å². The van der Waals surface area contributed by atoms with Crippen molar-refractivity contribution < 1.29 is 9.90 Å². The lowest BCUT2D eigenvalue weighted by atomic mass is 10.1. The van der Waals surface area contributed by atoms with E-state index in [2.05, 4.69) is 4.98 Å². The fourth-order valence-electron chi connectivity index (χ4n) is 1.15. The maximum absolute atomic E-state index is 11.0. The summed E-state index contributed by atoms with van der Waals surface area (Å²) in [5.41, 5.74) is 0.491. The number of hydrogen-bond acceptors (Lipinski definition) is 4. The smallest absolute Gasteiger partial charge is 0.317 e. The molecule has 0 aliphatic carbocycles. The van der Waals surface area contributed by atoms with E-state index >= 15 is 0 Å². The van der Waals surface area contributed by atoms with Gasteiger partial charge in [0, 0.05) is 6.20 Å². The first-order valence-corrected chi connectivity index (χ1v) is 5.68. The van der Waals surface area contributed by atoms with Gasteiger partial charge >= 0.3 is 5.97 Å². The van der Waals surface area contributed by atoms with Crippen molar-refractivity contribution in [2.45, 2.75) is 24.1 Å². The van der Waals surface area contributed by atoms with Crippen LogP contribution in [-0.4, -0.2) is 21.3 Å². The van der Waals surface area contributed by atoms with Crippen LogP contribution in [0.2, 0.25) is 0 Å². The van der Waals surface area contributed by atoms with Crippen LogP contribution < -0.4 is 0 Å². The van der Waals surface area contributed by atoms with Crippen molar-refractivity contribution in [2.24, 2.45) is 5.92 Å². The highest BCUT2D eigenvalue weighted by Gasteiger charge is 2.23. The zero-order valence-electron chi connectivity index (χ0n) is 9.04. The van der Waals surface area contributed by atoms with Gasteiger partial charge in [0.05, 0.1) is 16.7 Å². The van der Waals surface area contributed by atoms with Crippen LogP contribution in [0.15, 0.2) is 23.4 Å². The molecule has 0 radical (unpaired) electrons. The summed E-state index contributed by atoms with van der Waals surface area (Å²) >= 11 is 1.17. The molecule has 1 N–H and O–H groups in total. The van der Waals surface area contributed by atoms with Crippen molar-refractivity contribution in [3.05, 3.63) is 23.9 Å². The minimum absolute atomic E-state index is 0.00930. The van der Waals surface area contributed by atoms with Crippen LogP contribution in [0, 0.1) is 17.2 Å². The first-order valence-electron chi connectivity index (χ1n) is 4.80. The van der Waals surface area contributed by atoms with E-state index in [9.17, 15) is 4.79 Å². The molecule has 1 rings (SSSR count).